The lowest BCUT2D eigenvalue weighted by molar-refractivity contribution is -0.113. The molecule has 0 saturated carbocycles. The summed E-state index contributed by atoms with van der Waals surface area (Å²) in [6.07, 6.45) is 3.40. The van der Waals surface area contributed by atoms with E-state index in [-0.39, 0.29) is 17.2 Å². The summed E-state index contributed by atoms with van der Waals surface area (Å²) >= 11 is 1.21. The number of benzene rings is 2. The highest BCUT2D eigenvalue weighted by molar-refractivity contribution is 7.99. The molecule has 156 valence electrons. The van der Waals surface area contributed by atoms with E-state index in [4.69, 9.17) is 4.74 Å². The second-order valence-electron chi connectivity index (χ2n) is 6.70. The van der Waals surface area contributed by atoms with Gasteiger partial charge in [-0.25, -0.2) is 4.98 Å². The molecule has 31 heavy (non-hydrogen) atoms. The molecule has 0 aliphatic rings. The van der Waals surface area contributed by atoms with Gasteiger partial charge in [0.25, 0.3) is 5.56 Å². The number of aromatic nitrogens is 3. The van der Waals surface area contributed by atoms with E-state index in [0.29, 0.717) is 34.0 Å². The molecule has 2 aromatic heterocycles. The van der Waals surface area contributed by atoms with Crippen molar-refractivity contribution in [2.45, 2.75) is 11.7 Å². The first-order valence-electron chi connectivity index (χ1n) is 9.60. The van der Waals surface area contributed by atoms with E-state index in [0.717, 1.165) is 5.56 Å². The van der Waals surface area contributed by atoms with Crippen molar-refractivity contribution in [1.29, 1.82) is 0 Å². The maximum absolute atomic E-state index is 13.1. The minimum Gasteiger partial charge on any atom is -0.495 e. The number of fused-ring (bicyclic) bond motifs is 1. The number of nitrogens with one attached hydrogen (secondary N) is 1. The first-order chi connectivity index (χ1) is 15.2. The lowest BCUT2D eigenvalue weighted by atomic mass is 10.2. The van der Waals surface area contributed by atoms with Gasteiger partial charge in [0.15, 0.2) is 5.16 Å². The van der Waals surface area contributed by atoms with Crippen LogP contribution in [0.1, 0.15) is 5.56 Å². The Morgan fingerprint density at radius 1 is 1.10 bits per heavy atom. The van der Waals surface area contributed by atoms with Crippen molar-refractivity contribution in [2.24, 2.45) is 0 Å². The molecule has 0 spiro atoms. The first kappa shape index (κ1) is 20.6. The number of methoxy groups -OCH3 is 1. The molecular weight excluding hydrogens is 412 g/mol. The Bertz CT molecular complexity index is 1270. The van der Waals surface area contributed by atoms with Crippen LogP contribution in [-0.2, 0) is 11.3 Å². The fourth-order valence-corrected chi connectivity index (χ4v) is 3.93. The molecule has 0 aliphatic carbocycles. The predicted molar refractivity (Wildman–Crippen MR) is 122 cm³/mol. The topological polar surface area (TPSA) is 86.1 Å². The lowest BCUT2D eigenvalue weighted by Gasteiger charge is -2.13. The molecule has 8 heteroatoms. The fourth-order valence-electron chi connectivity index (χ4n) is 3.14. The number of ether oxygens (including phenoxy) is 1. The molecule has 2 aromatic carbocycles. The highest BCUT2D eigenvalue weighted by Gasteiger charge is 2.14. The van der Waals surface area contributed by atoms with Crippen LogP contribution in [0.4, 0.5) is 5.69 Å². The van der Waals surface area contributed by atoms with Crippen molar-refractivity contribution >= 4 is 34.3 Å². The molecule has 4 rings (SSSR count). The molecule has 4 aromatic rings. The summed E-state index contributed by atoms with van der Waals surface area (Å²) in [4.78, 5) is 34.5. The molecule has 1 N–H and O–H groups in total. The van der Waals surface area contributed by atoms with Crippen LogP contribution in [-0.4, -0.2) is 33.3 Å². The van der Waals surface area contributed by atoms with Crippen LogP contribution in [0.2, 0.25) is 0 Å². The fraction of sp³-hybridized carbons (Fsp3) is 0.130. The van der Waals surface area contributed by atoms with Gasteiger partial charge in [-0.2, -0.15) is 0 Å². The van der Waals surface area contributed by atoms with E-state index in [9.17, 15) is 9.59 Å². The molecule has 0 atom stereocenters. The minimum atomic E-state index is -0.218. The minimum absolute atomic E-state index is 0.0931. The van der Waals surface area contributed by atoms with Gasteiger partial charge in [0.1, 0.15) is 5.75 Å². The van der Waals surface area contributed by atoms with Crippen LogP contribution in [0.25, 0.3) is 10.9 Å². The third-order valence-electron chi connectivity index (χ3n) is 4.60. The monoisotopic (exact) mass is 432 g/mol. The van der Waals surface area contributed by atoms with E-state index >= 15 is 0 Å². The van der Waals surface area contributed by atoms with E-state index in [1.54, 1.807) is 48.3 Å². The number of amides is 1. The third kappa shape index (κ3) is 4.75. The van der Waals surface area contributed by atoms with Crippen LogP contribution in [0, 0.1) is 0 Å². The zero-order chi connectivity index (χ0) is 21.6. The number of pyridine rings is 1. The second kappa shape index (κ2) is 9.44. The van der Waals surface area contributed by atoms with E-state index < -0.39 is 0 Å². The molecule has 0 fully saturated rings. The Morgan fingerprint density at radius 3 is 2.71 bits per heavy atom. The number of carbonyl (C=O) groups excluding carboxylic acids is 1. The molecule has 7 nitrogen and oxygen atoms in total. The van der Waals surface area contributed by atoms with Crippen LogP contribution in [0.5, 0.6) is 5.75 Å². The molecule has 0 bridgehead atoms. The summed E-state index contributed by atoms with van der Waals surface area (Å²) in [6.45, 7) is 0.320. The molecule has 1 amide bonds. The summed E-state index contributed by atoms with van der Waals surface area (Å²) in [7, 11) is 1.55. The average molecular weight is 433 g/mol. The van der Waals surface area contributed by atoms with Gasteiger partial charge in [-0.05, 0) is 35.9 Å². The average Bonchev–Trinajstić information content (AvgIpc) is 2.81. The van der Waals surface area contributed by atoms with Crippen LogP contribution >= 0.6 is 11.8 Å². The molecule has 2 heterocycles. The van der Waals surface area contributed by atoms with Gasteiger partial charge in [0.05, 0.1) is 36.0 Å². The van der Waals surface area contributed by atoms with Crippen molar-refractivity contribution in [3.63, 3.8) is 0 Å². The summed E-state index contributed by atoms with van der Waals surface area (Å²) in [5, 5.41) is 3.85. The third-order valence-corrected chi connectivity index (χ3v) is 5.58. The van der Waals surface area contributed by atoms with Gasteiger partial charge in [-0.3, -0.25) is 19.1 Å². The number of nitrogens with zero attached hydrogens (tertiary/aromatic N) is 3. The number of anilines is 1. The Hall–Kier alpha value is -3.65. The van der Waals surface area contributed by atoms with Gasteiger partial charge in [-0.1, -0.05) is 42.1 Å². The molecule has 0 saturated heterocycles. The van der Waals surface area contributed by atoms with Crippen molar-refractivity contribution in [2.75, 3.05) is 18.2 Å². The number of thioether (sulfide) groups is 1. The van der Waals surface area contributed by atoms with Crippen molar-refractivity contribution in [3.05, 3.63) is 89.0 Å². The highest BCUT2D eigenvalue weighted by Crippen LogP contribution is 2.24. The molecular formula is C23H20N4O3S. The Labute approximate surface area is 183 Å². The molecule has 0 radical (unpaired) electrons. The van der Waals surface area contributed by atoms with Crippen molar-refractivity contribution in [3.8, 4) is 5.75 Å². The number of rotatable bonds is 7. The van der Waals surface area contributed by atoms with E-state index in [2.05, 4.69) is 15.3 Å². The van der Waals surface area contributed by atoms with Crippen molar-refractivity contribution < 1.29 is 9.53 Å². The molecule has 0 aliphatic heterocycles. The summed E-state index contributed by atoms with van der Waals surface area (Å²) in [6, 6.07) is 18.1. The van der Waals surface area contributed by atoms with Gasteiger partial charge in [-0.15, -0.1) is 0 Å². The lowest BCUT2D eigenvalue weighted by Crippen LogP contribution is -2.25. The van der Waals surface area contributed by atoms with Gasteiger partial charge in [0.2, 0.25) is 5.91 Å². The van der Waals surface area contributed by atoms with Crippen LogP contribution in [0.3, 0.4) is 0 Å². The second-order valence-corrected chi connectivity index (χ2v) is 7.64. The van der Waals surface area contributed by atoms with Gasteiger partial charge < -0.3 is 10.1 Å². The van der Waals surface area contributed by atoms with Crippen LogP contribution in [0.15, 0.2) is 83.0 Å². The predicted octanol–water partition coefficient (Wildman–Crippen LogP) is 3.58. The summed E-state index contributed by atoms with van der Waals surface area (Å²) < 4.78 is 6.86. The number of hydrogen-bond donors (Lipinski definition) is 1. The number of hydrogen-bond acceptors (Lipinski definition) is 6. The SMILES string of the molecule is COc1ccccc1NC(=O)CSc1nc2ccccc2c(=O)n1Cc1cccnc1. The Morgan fingerprint density at radius 2 is 1.90 bits per heavy atom. The smallest absolute Gasteiger partial charge is 0.262 e. The summed E-state index contributed by atoms with van der Waals surface area (Å²) in [5.41, 5.74) is 1.92. The normalized spacial score (nSPS) is 10.7. The van der Waals surface area contributed by atoms with Crippen LogP contribution < -0.4 is 15.6 Å². The Balaban J connectivity index is 1.60. The largest absolute Gasteiger partial charge is 0.495 e. The van der Waals surface area contributed by atoms with Crippen molar-refractivity contribution in [1.82, 2.24) is 14.5 Å². The summed E-state index contributed by atoms with van der Waals surface area (Å²) in [5.74, 6) is 0.457. The first-order valence-corrected chi connectivity index (χ1v) is 10.6. The Kier molecular flexibility index (Phi) is 6.28. The number of para-hydroxylation sites is 3. The zero-order valence-electron chi connectivity index (χ0n) is 16.8. The van der Waals surface area contributed by atoms with Gasteiger partial charge in [0, 0.05) is 12.4 Å². The number of carbonyl (C=O) groups is 1. The van der Waals surface area contributed by atoms with E-state index in [1.165, 1.54) is 11.8 Å². The van der Waals surface area contributed by atoms with Gasteiger partial charge >= 0.3 is 0 Å². The highest BCUT2D eigenvalue weighted by atomic mass is 32.2. The quantitative estimate of drug-likeness (QED) is 0.355. The standard InChI is InChI=1S/C23H20N4O3S/c1-30-20-11-5-4-10-19(20)25-21(28)15-31-23-26-18-9-3-2-8-17(18)22(29)27(23)14-16-7-6-12-24-13-16/h2-13H,14-15H2,1H3,(H,25,28). The maximum atomic E-state index is 13.1. The van der Waals surface area contributed by atoms with E-state index in [1.807, 2.05) is 36.4 Å². The zero-order valence-corrected chi connectivity index (χ0v) is 17.6. The molecule has 0 unspecified atom stereocenters. The maximum Gasteiger partial charge on any atom is 0.262 e.